The minimum Gasteiger partial charge on any atom is -0.491 e. The molecule has 1 aliphatic heterocycles. The van der Waals surface area contributed by atoms with Gasteiger partial charge < -0.3 is 9.47 Å². The number of hydrogen-bond acceptors (Lipinski definition) is 4. The molecule has 6 heteroatoms. The molecule has 0 amide bonds. The van der Waals surface area contributed by atoms with Gasteiger partial charge in [0.15, 0.2) is 11.6 Å². The highest BCUT2D eigenvalue weighted by Crippen LogP contribution is 2.35. The molecular formula is C24H24F2N2O2. The van der Waals surface area contributed by atoms with Crippen LogP contribution in [0.3, 0.4) is 0 Å². The quantitative estimate of drug-likeness (QED) is 0.562. The number of aliphatic imine (C=N–C) groups is 1. The number of benzene rings is 2. The normalized spacial score (nSPS) is 20.5. The van der Waals surface area contributed by atoms with Crippen LogP contribution >= 0.6 is 0 Å². The summed E-state index contributed by atoms with van der Waals surface area (Å²) in [6.07, 6.45) is 0.663. The van der Waals surface area contributed by atoms with E-state index < -0.39 is 22.8 Å². The fraction of sp³-hybridized carbons (Fsp3) is 0.333. The molecule has 0 N–H and O–H groups in total. The van der Waals surface area contributed by atoms with Gasteiger partial charge in [-0.05, 0) is 58.0 Å². The fourth-order valence-electron chi connectivity index (χ4n) is 3.97. The third-order valence-corrected chi connectivity index (χ3v) is 5.14. The molecule has 1 unspecified atom stereocenters. The van der Waals surface area contributed by atoms with Gasteiger partial charge in [-0.3, -0.25) is 0 Å². The van der Waals surface area contributed by atoms with Crippen LogP contribution < -0.4 is 4.74 Å². The van der Waals surface area contributed by atoms with Crippen molar-refractivity contribution >= 4 is 16.8 Å². The van der Waals surface area contributed by atoms with E-state index in [1.54, 1.807) is 13.0 Å². The Morgan fingerprint density at radius 2 is 1.80 bits per heavy atom. The second-order valence-electron chi connectivity index (χ2n) is 8.61. The molecule has 156 valence electrons. The van der Waals surface area contributed by atoms with Crippen molar-refractivity contribution < 1.29 is 18.3 Å². The average molecular weight is 410 g/mol. The summed E-state index contributed by atoms with van der Waals surface area (Å²) in [5.74, 6) is -0.655. The molecule has 4 nitrogen and oxygen atoms in total. The van der Waals surface area contributed by atoms with Gasteiger partial charge in [-0.2, -0.15) is 0 Å². The lowest BCUT2D eigenvalue weighted by atomic mass is 9.87. The topological polar surface area (TPSA) is 43.7 Å². The molecule has 2 heterocycles. The molecule has 0 saturated carbocycles. The zero-order valence-electron chi connectivity index (χ0n) is 17.5. The third-order valence-electron chi connectivity index (χ3n) is 5.14. The second kappa shape index (κ2) is 7.35. The molecule has 0 bridgehead atoms. The van der Waals surface area contributed by atoms with Gasteiger partial charge in [0.1, 0.15) is 23.5 Å². The van der Waals surface area contributed by atoms with Crippen molar-refractivity contribution in [2.45, 2.75) is 45.3 Å². The number of ether oxygens (including phenoxy) is 2. The van der Waals surface area contributed by atoms with Crippen LogP contribution in [0.5, 0.6) is 5.75 Å². The molecule has 4 rings (SSSR count). The minimum absolute atomic E-state index is 0.00194. The van der Waals surface area contributed by atoms with Crippen LogP contribution in [0.25, 0.3) is 10.9 Å². The lowest BCUT2D eigenvalue weighted by Crippen LogP contribution is -2.46. The molecule has 0 aliphatic carbocycles. The van der Waals surface area contributed by atoms with Crippen LogP contribution in [0.15, 0.2) is 53.5 Å². The summed E-state index contributed by atoms with van der Waals surface area (Å²) >= 11 is 0. The highest BCUT2D eigenvalue weighted by Gasteiger charge is 2.40. The van der Waals surface area contributed by atoms with E-state index in [-0.39, 0.29) is 5.52 Å². The number of hydrogen-bond donors (Lipinski definition) is 0. The zero-order valence-corrected chi connectivity index (χ0v) is 17.5. The molecular weight excluding hydrogens is 386 g/mol. The maximum Gasteiger partial charge on any atom is 0.219 e. The molecule has 1 atom stereocenters. The molecule has 0 fully saturated rings. The van der Waals surface area contributed by atoms with Gasteiger partial charge in [0.2, 0.25) is 5.90 Å². The highest BCUT2D eigenvalue weighted by atomic mass is 19.2. The standard InChI is InChI=1S/C24H24F2N2O2/c1-15-18(12-16-10-11-19(25)20(26)21(16)27-15)22-28-24(4,13-23(2,3)30-22)14-29-17-8-6-5-7-9-17/h5-12H,13-14H2,1-4H3. The van der Waals surface area contributed by atoms with Crippen molar-refractivity contribution in [3.63, 3.8) is 0 Å². The largest absolute Gasteiger partial charge is 0.491 e. The van der Waals surface area contributed by atoms with Crippen molar-refractivity contribution in [1.29, 1.82) is 0 Å². The SMILES string of the molecule is Cc1nc2c(F)c(F)ccc2cc1C1=NC(C)(COc2ccccc2)CC(C)(C)O1. The minimum atomic E-state index is -0.949. The van der Waals surface area contributed by atoms with E-state index in [0.29, 0.717) is 35.6 Å². The first kappa shape index (κ1) is 20.3. The lowest BCUT2D eigenvalue weighted by Gasteiger charge is -2.40. The lowest BCUT2D eigenvalue weighted by molar-refractivity contribution is 0.0297. The maximum absolute atomic E-state index is 14.1. The Labute approximate surface area is 174 Å². The van der Waals surface area contributed by atoms with Gasteiger partial charge in [-0.25, -0.2) is 18.8 Å². The number of nitrogens with zero attached hydrogens (tertiary/aromatic N) is 2. The molecule has 0 spiro atoms. The van der Waals surface area contributed by atoms with Crippen molar-refractivity contribution in [2.75, 3.05) is 6.61 Å². The van der Waals surface area contributed by atoms with Crippen molar-refractivity contribution in [1.82, 2.24) is 4.98 Å². The van der Waals surface area contributed by atoms with E-state index in [2.05, 4.69) is 4.98 Å². The zero-order chi connectivity index (χ0) is 21.5. The summed E-state index contributed by atoms with van der Waals surface area (Å²) in [7, 11) is 0. The van der Waals surface area contributed by atoms with Crippen LogP contribution in [-0.4, -0.2) is 28.6 Å². The van der Waals surface area contributed by atoms with E-state index in [0.717, 1.165) is 11.8 Å². The van der Waals surface area contributed by atoms with Crippen LogP contribution in [0, 0.1) is 18.6 Å². The second-order valence-corrected chi connectivity index (χ2v) is 8.61. The van der Waals surface area contributed by atoms with E-state index >= 15 is 0 Å². The summed E-state index contributed by atoms with van der Waals surface area (Å²) < 4.78 is 39.9. The first-order chi connectivity index (χ1) is 14.2. The number of fused-ring (bicyclic) bond motifs is 1. The Hall–Kier alpha value is -3.02. The maximum atomic E-state index is 14.1. The molecule has 0 saturated heterocycles. The summed E-state index contributed by atoms with van der Waals surface area (Å²) in [6.45, 7) is 8.15. The highest BCUT2D eigenvalue weighted by molar-refractivity contribution is 5.99. The summed E-state index contributed by atoms with van der Waals surface area (Å²) in [4.78, 5) is 9.16. The molecule has 2 aromatic carbocycles. The molecule has 1 aromatic heterocycles. The number of halogens is 2. The molecule has 3 aromatic rings. The van der Waals surface area contributed by atoms with Gasteiger partial charge >= 0.3 is 0 Å². The van der Waals surface area contributed by atoms with Crippen LogP contribution in [0.4, 0.5) is 8.78 Å². The third kappa shape index (κ3) is 3.99. The van der Waals surface area contributed by atoms with Gasteiger partial charge in [-0.1, -0.05) is 18.2 Å². The Balaban J connectivity index is 1.73. The molecule has 1 aliphatic rings. The van der Waals surface area contributed by atoms with Crippen LogP contribution in [0.1, 0.15) is 38.4 Å². The number of rotatable bonds is 4. The monoisotopic (exact) mass is 410 g/mol. The van der Waals surface area contributed by atoms with Crippen LogP contribution in [0.2, 0.25) is 0 Å². The number of para-hydroxylation sites is 1. The van der Waals surface area contributed by atoms with Gasteiger partial charge in [0, 0.05) is 11.8 Å². The first-order valence-electron chi connectivity index (χ1n) is 9.88. The molecule has 30 heavy (non-hydrogen) atoms. The van der Waals surface area contributed by atoms with E-state index in [9.17, 15) is 8.78 Å². The van der Waals surface area contributed by atoms with Crippen LogP contribution in [-0.2, 0) is 4.74 Å². The molecule has 0 radical (unpaired) electrons. The Kier molecular flexibility index (Phi) is 4.96. The summed E-state index contributed by atoms with van der Waals surface area (Å²) in [5, 5.41) is 0.492. The Morgan fingerprint density at radius 1 is 1.07 bits per heavy atom. The van der Waals surface area contributed by atoms with Crippen molar-refractivity contribution in [2.24, 2.45) is 4.99 Å². The average Bonchev–Trinajstić information content (AvgIpc) is 2.69. The number of aryl methyl sites for hydroxylation is 1. The van der Waals surface area contributed by atoms with Gasteiger partial charge in [0.05, 0.1) is 16.8 Å². The fourth-order valence-corrected chi connectivity index (χ4v) is 3.97. The number of aromatic nitrogens is 1. The van der Waals surface area contributed by atoms with E-state index in [4.69, 9.17) is 14.5 Å². The van der Waals surface area contributed by atoms with Gasteiger partial charge in [0.25, 0.3) is 0 Å². The van der Waals surface area contributed by atoms with E-state index in [1.807, 2.05) is 51.1 Å². The van der Waals surface area contributed by atoms with E-state index in [1.165, 1.54) is 6.07 Å². The number of pyridine rings is 1. The predicted octanol–water partition coefficient (Wildman–Crippen LogP) is 5.60. The smallest absolute Gasteiger partial charge is 0.219 e. The summed E-state index contributed by atoms with van der Waals surface area (Å²) in [6, 6.07) is 14.0. The van der Waals surface area contributed by atoms with Crippen molar-refractivity contribution in [3.05, 3.63) is 71.4 Å². The Bertz CT molecular complexity index is 1130. The Morgan fingerprint density at radius 3 is 2.53 bits per heavy atom. The predicted molar refractivity (Wildman–Crippen MR) is 113 cm³/mol. The van der Waals surface area contributed by atoms with Gasteiger partial charge in [-0.15, -0.1) is 0 Å². The first-order valence-corrected chi connectivity index (χ1v) is 9.88. The summed E-state index contributed by atoms with van der Waals surface area (Å²) in [5.41, 5.74) is 0.174. The van der Waals surface area contributed by atoms with Crippen molar-refractivity contribution in [3.8, 4) is 5.75 Å².